The first kappa shape index (κ1) is 13.2. The molecule has 1 aliphatic heterocycles. The lowest BCUT2D eigenvalue weighted by Gasteiger charge is -2.12. The molecule has 20 heavy (non-hydrogen) atoms. The molecule has 0 bridgehead atoms. The SMILES string of the molecule is c1ccc(-c2ccc(NCCC3CCCN3)cc2)cc1. The van der Waals surface area contributed by atoms with Crippen LogP contribution in [0.5, 0.6) is 0 Å². The molecule has 1 saturated heterocycles. The van der Waals surface area contributed by atoms with E-state index in [0.29, 0.717) is 6.04 Å². The molecule has 2 aromatic rings. The van der Waals surface area contributed by atoms with E-state index in [1.807, 2.05) is 0 Å². The van der Waals surface area contributed by atoms with Gasteiger partial charge in [-0.05, 0) is 49.1 Å². The molecule has 1 fully saturated rings. The fourth-order valence-electron chi connectivity index (χ4n) is 2.80. The maximum Gasteiger partial charge on any atom is 0.0340 e. The summed E-state index contributed by atoms with van der Waals surface area (Å²) in [7, 11) is 0. The highest BCUT2D eigenvalue weighted by atomic mass is 14.9. The molecular formula is C18H22N2. The van der Waals surface area contributed by atoms with Crippen LogP contribution in [0, 0.1) is 0 Å². The summed E-state index contributed by atoms with van der Waals surface area (Å²) in [4.78, 5) is 0. The Hall–Kier alpha value is -1.80. The van der Waals surface area contributed by atoms with E-state index in [1.54, 1.807) is 0 Å². The van der Waals surface area contributed by atoms with Gasteiger partial charge in [0.1, 0.15) is 0 Å². The summed E-state index contributed by atoms with van der Waals surface area (Å²) in [6, 6.07) is 19.9. The number of hydrogen-bond donors (Lipinski definition) is 2. The lowest BCUT2D eigenvalue weighted by molar-refractivity contribution is 0.574. The van der Waals surface area contributed by atoms with Crippen LogP contribution < -0.4 is 10.6 Å². The van der Waals surface area contributed by atoms with Crippen molar-refractivity contribution in [2.45, 2.75) is 25.3 Å². The van der Waals surface area contributed by atoms with E-state index < -0.39 is 0 Å². The lowest BCUT2D eigenvalue weighted by Crippen LogP contribution is -2.24. The third-order valence-electron chi connectivity index (χ3n) is 3.98. The van der Waals surface area contributed by atoms with Crippen molar-refractivity contribution in [3.05, 3.63) is 54.6 Å². The molecule has 3 rings (SSSR count). The smallest absolute Gasteiger partial charge is 0.0340 e. The second-order valence-electron chi connectivity index (χ2n) is 5.45. The molecule has 104 valence electrons. The standard InChI is InChI=1S/C18H22N2/c1-2-5-15(6-3-1)16-8-10-18(11-9-16)20-14-12-17-7-4-13-19-17/h1-3,5-6,8-11,17,19-20H,4,7,12-14H2. The van der Waals surface area contributed by atoms with Crippen LogP contribution in [-0.2, 0) is 0 Å². The first-order chi connectivity index (χ1) is 9.92. The summed E-state index contributed by atoms with van der Waals surface area (Å²) < 4.78 is 0. The number of hydrogen-bond acceptors (Lipinski definition) is 2. The van der Waals surface area contributed by atoms with Crippen molar-refractivity contribution in [3.63, 3.8) is 0 Å². The first-order valence-corrected chi connectivity index (χ1v) is 7.54. The second kappa shape index (κ2) is 6.58. The van der Waals surface area contributed by atoms with Gasteiger partial charge in [0, 0.05) is 18.3 Å². The van der Waals surface area contributed by atoms with Crippen LogP contribution in [0.4, 0.5) is 5.69 Å². The maximum atomic E-state index is 3.53. The van der Waals surface area contributed by atoms with Gasteiger partial charge < -0.3 is 10.6 Å². The highest BCUT2D eigenvalue weighted by Gasteiger charge is 2.12. The normalized spacial score (nSPS) is 18.1. The van der Waals surface area contributed by atoms with Crippen molar-refractivity contribution >= 4 is 5.69 Å². The fourth-order valence-corrected chi connectivity index (χ4v) is 2.80. The van der Waals surface area contributed by atoms with Gasteiger partial charge in [-0.2, -0.15) is 0 Å². The third-order valence-corrected chi connectivity index (χ3v) is 3.98. The van der Waals surface area contributed by atoms with Gasteiger partial charge in [-0.25, -0.2) is 0 Å². The molecule has 2 nitrogen and oxygen atoms in total. The van der Waals surface area contributed by atoms with Crippen molar-refractivity contribution in [1.82, 2.24) is 5.32 Å². The molecule has 1 unspecified atom stereocenters. The highest BCUT2D eigenvalue weighted by Crippen LogP contribution is 2.21. The Bertz CT molecular complexity index is 513. The molecule has 1 atom stereocenters. The Morgan fingerprint density at radius 2 is 1.70 bits per heavy atom. The Labute approximate surface area is 121 Å². The summed E-state index contributed by atoms with van der Waals surface area (Å²) in [6.45, 7) is 2.23. The van der Waals surface area contributed by atoms with E-state index in [4.69, 9.17) is 0 Å². The summed E-state index contributed by atoms with van der Waals surface area (Å²) >= 11 is 0. The molecule has 0 spiro atoms. The summed E-state index contributed by atoms with van der Waals surface area (Å²) in [5, 5.41) is 7.04. The van der Waals surface area contributed by atoms with Crippen LogP contribution in [0.15, 0.2) is 54.6 Å². The molecule has 0 saturated carbocycles. The minimum Gasteiger partial charge on any atom is -0.385 e. The van der Waals surface area contributed by atoms with E-state index in [1.165, 1.54) is 42.6 Å². The van der Waals surface area contributed by atoms with Crippen molar-refractivity contribution in [1.29, 1.82) is 0 Å². The van der Waals surface area contributed by atoms with Crippen molar-refractivity contribution in [2.75, 3.05) is 18.4 Å². The Balaban J connectivity index is 1.53. The van der Waals surface area contributed by atoms with Crippen LogP contribution >= 0.6 is 0 Å². The number of anilines is 1. The van der Waals surface area contributed by atoms with Crippen LogP contribution in [-0.4, -0.2) is 19.1 Å². The van der Waals surface area contributed by atoms with Crippen LogP contribution in [0.1, 0.15) is 19.3 Å². The quantitative estimate of drug-likeness (QED) is 0.857. The van der Waals surface area contributed by atoms with E-state index in [9.17, 15) is 0 Å². The van der Waals surface area contributed by atoms with Crippen LogP contribution in [0.3, 0.4) is 0 Å². The first-order valence-electron chi connectivity index (χ1n) is 7.54. The molecule has 0 aliphatic carbocycles. The molecular weight excluding hydrogens is 244 g/mol. The molecule has 0 radical (unpaired) electrons. The zero-order valence-electron chi connectivity index (χ0n) is 11.8. The average Bonchev–Trinajstić information content (AvgIpc) is 3.02. The Morgan fingerprint density at radius 1 is 0.950 bits per heavy atom. The van der Waals surface area contributed by atoms with Crippen molar-refractivity contribution < 1.29 is 0 Å². The molecule has 0 amide bonds. The van der Waals surface area contributed by atoms with Gasteiger partial charge in [0.2, 0.25) is 0 Å². The number of benzene rings is 2. The topological polar surface area (TPSA) is 24.1 Å². The minimum atomic E-state index is 0.714. The number of rotatable bonds is 5. The highest BCUT2D eigenvalue weighted by molar-refractivity contribution is 5.65. The van der Waals surface area contributed by atoms with Crippen molar-refractivity contribution in [3.8, 4) is 11.1 Å². The van der Waals surface area contributed by atoms with Gasteiger partial charge in [-0.3, -0.25) is 0 Å². The molecule has 1 heterocycles. The predicted octanol–water partition coefficient (Wildman–Crippen LogP) is 3.91. The minimum absolute atomic E-state index is 0.714. The van der Waals surface area contributed by atoms with Crippen LogP contribution in [0.2, 0.25) is 0 Å². The summed E-state index contributed by atoms with van der Waals surface area (Å²) in [6.07, 6.45) is 3.87. The predicted molar refractivity (Wildman–Crippen MR) is 86.0 cm³/mol. The van der Waals surface area contributed by atoms with E-state index >= 15 is 0 Å². The molecule has 2 heteroatoms. The van der Waals surface area contributed by atoms with E-state index in [0.717, 1.165) is 6.54 Å². The number of nitrogens with one attached hydrogen (secondary N) is 2. The molecule has 1 aliphatic rings. The zero-order valence-corrected chi connectivity index (χ0v) is 11.8. The fraction of sp³-hybridized carbons (Fsp3) is 0.333. The molecule has 2 N–H and O–H groups in total. The monoisotopic (exact) mass is 266 g/mol. The van der Waals surface area contributed by atoms with Crippen molar-refractivity contribution in [2.24, 2.45) is 0 Å². The maximum absolute atomic E-state index is 3.53. The van der Waals surface area contributed by atoms with E-state index in [-0.39, 0.29) is 0 Å². The summed E-state index contributed by atoms with van der Waals surface area (Å²) in [5.74, 6) is 0. The third kappa shape index (κ3) is 3.40. The van der Waals surface area contributed by atoms with Gasteiger partial charge in [0.05, 0.1) is 0 Å². The van der Waals surface area contributed by atoms with Gasteiger partial charge >= 0.3 is 0 Å². The second-order valence-corrected chi connectivity index (χ2v) is 5.45. The zero-order chi connectivity index (χ0) is 13.6. The molecule has 2 aromatic carbocycles. The van der Waals surface area contributed by atoms with Crippen LogP contribution in [0.25, 0.3) is 11.1 Å². The Kier molecular flexibility index (Phi) is 4.34. The van der Waals surface area contributed by atoms with Gasteiger partial charge in [-0.15, -0.1) is 0 Å². The van der Waals surface area contributed by atoms with Gasteiger partial charge in [-0.1, -0.05) is 42.5 Å². The van der Waals surface area contributed by atoms with Gasteiger partial charge in [0.15, 0.2) is 0 Å². The average molecular weight is 266 g/mol. The van der Waals surface area contributed by atoms with Gasteiger partial charge in [0.25, 0.3) is 0 Å². The Morgan fingerprint density at radius 3 is 2.40 bits per heavy atom. The largest absolute Gasteiger partial charge is 0.385 e. The summed E-state index contributed by atoms with van der Waals surface area (Å²) in [5.41, 5.74) is 3.76. The van der Waals surface area contributed by atoms with E-state index in [2.05, 4.69) is 65.2 Å². The molecule has 0 aromatic heterocycles. The lowest BCUT2D eigenvalue weighted by atomic mass is 10.1.